The molecule has 5 aromatic rings. The molecule has 1 aromatic heterocycles. The van der Waals surface area contributed by atoms with Crippen molar-refractivity contribution in [2.45, 2.75) is 5.03 Å². The molecule has 1 heterocycles. The summed E-state index contributed by atoms with van der Waals surface area (Å²) >= 11 is 1.32. The number of benzene rings is 4. The van der Waals surface area contributed by atoms with Crippen LogP contribution >= 0.6 is 19.0 Å². The highest BCUT2D eigenvalue weighted by Crippen LogP contribution is 2.54. The number of aromatic amines is 1. The molecule has 0 aliphatic carbocycles. The Morgan fingerprint density at radius 2 is 1.17 bits per heavy atom. The van der Waals surface area contributed by atoms with Crippen molar-refractivity contribution < 1.29 is 0 Å². The van der Waals surface area contributed by atoms with Gasteiger partial charge in [-0.05, 0) is 36.4 Å². The second-order valence-electron chi connectivity index (χ2n) is 8.06. The highest BCUT2D eigenvalue weighted by Gasteiger charge is 2.52. The van der Waals surface area contributed by atoms with Gasteiger partial charge in [-0.25, -0.2) is 4.98 Å². The lowest BCUT2D eigenvalue weighted by Crippen LogP contribution is -2.46. The number of thioether (sulfide) groups is 1. The number of nitriles is 1. The van der Waals surface area contributed by atoms with Crippen molar-refractivity contribution in [1.29, 1.82) is 5.26 Å². The van der Waals surface area contributed by atoms with Crippen LogP contribution in [0.4, 0.5) is 0 Å². The Bertz CT molecular complexity index is 1450. The zero-order chi connectivity index (χ0) is 24.8. The molecule has 0 radical (unpaired) electrons. The Morgan fingerprint density at radius 1 is 0.722 bits per heavy atom. The summed E-state index contributed by atoms with van der Waals surface area (Å²) in [5.74, 6) is 0.688. The fourth-order valence-corrected chi connectivity index (χ4v) is 9.88. The maximum Gasteiger partial charge on any atom is 0.296 e. The molecule has 0 bridgehead atoms. The summed E-state index contributed by atoms with van der Waals surface area (Å²) in [6.07, 6.45) is 0. The van der Waals surface area contributed by atoms with E-state index in [1.165, 1.54) is 11.8 Å². The normalized spacial score (nSPS) is 11.1. The molecule has 4 aromatic carbocycles. The second kappa shape index (κ2) is 10.7. The van der Waals surface area contributed by atoms with E-state index in [4.69, 9.17) is 4.98 Å². The van der Waals surface area contributed by atoms with Gasteiger partial charge >= 0.3 is 0 Å². The van der Waals surface area contributed by atoms with Gasteiger partial charge in [0.05, 0.1) is 11.8 Å². The van der Waals surface area contributed by atoms with Crippen LogP contribution in [0.3, 0.4) is 0 Å². The zero-order valence-corrected chi connectivity index (χ0v) is 21.1. The molecule has 0 saturated heterocycles. The third kappa shape index (κ3) is 4.38. The summed E-state index contributed by atoms with van der Waals surface area (Å²) in [5, 5.41) is 13.8. The van der Waals surface area contributed by atoms with Crippen LogP contribution in [0.2, 0.25) is 0 Å². The summed E-state index contributed by atoms with van der Waals surface area (Å²) in [6.45, 7) is 0. The maximum atomic E-state index is 14.2. The van der Waals surface area contributed by atoms with Crippen molar-refractivity contribution in [2.75, 3.05) is 5.75 Å². The quantitative estimate of drug-likeness (QED) is 0.199. The van der Waals surface area contributed by atoms with E-state index in [-0.39, 0.29) is 11.3 Å². The summed E-state index contributed by atoms with van der Waals surface area (Å²) in [4.78, 5) is 22.3. The number of rotatable bonds is 7. The van der Waals surface area contributed by atoms with E-state index in [9.17, 15) is 10.1 Å². The molecule has 0 unspecified atom stereocenters. The van der Waals surface area contributed by atoms with Gasteiger partial charge < -0.3 is 4.98 Å². The molecule has 0 spiro atoms. The first-order valence-corrected chi connectivity index (χ1v) is 14.3. The van der Waals surface area contributed by atoms with Gasteiger partial charge in [0, 0.05) is 5.56 Å². The molecule has 174 valence electrons. The van der Waals surface area contributed by atoms with Gasteiger partial charge in [-0.3, -0.25) is 4.79 Å². The number of hydrogen-bond donors (Lipinski definition) is 1. The molecule has 0 fully saturated rings. The van der Waals surface area contributed by atoms with E-state index in [0.29, 0.717) is 16.2 Å². The van der Waals surface area contributed by atoms with Crippen molar-refractivity contribution >= 4 is 40.2 Å². The minimum absolute atomic E-state index is 0.186. The monoisotopic (exact) mass is 504 g/mol. The lowest BCUT2D eigenvalue weighted by Gasteiger charge is -2.27. The summed E-state index contributed by atoms with van der Waals surface area (Å²) in [6, 6.07) is 42.4. The lowest BCUT2D eigenvalue weighted by molar-refractivity contribution is 1.05. The molecule has 1 N–H and O–H groups in total. The number of nitrogens with one attached hydrogen (secondary N) is 1. The standard InChI is InChI=1S/C30H22N3OPS/c31-21-22-36-30-27(29(34)32-28(33-30)23-13-5-1-6-14-23)35(24-15-7-2-8-16-24,25-17-9-3-10-18-25)26-19-11-4-12-20-26/h1-20H,22H2/p+1. The topological polar surface area (TPSA) is 69.5 Å². The Morgan fingerprint density at radius 3 is 1.61 bits per heavy atom. The molecule has 5 rings (SSSR count). The molecule has 0 aliphatic rings. The predicted molar refractivity (Wildman–Crippen MR) is 151 cm³/mol. The SMILES string of the molecule is N#CCSc1nc(-c2ccccc2)[nH]c(=O)c1[P+](c1ccccc1)(c1ccccc1)c1ccccc1. The summed E-state index contributed by atoms with van der Waals surface area (Å²) in [5.41, 5.74) is 0.636. The highest BCUT2D eigenvalue weighted by atomic mass is 32.2. The first kappa shape index (κ1) is 23.8. The van der Waals surface area contributed by atoms with Crippen LogP contribution in [0.15, 0.2) is 131 Å². The molecule has 0 saturated carbocycles. The molecule has 0 atom stereocenters. The van der Waals surface area contributed by atoms with E-state index >= 15 is 0 Å². The molecule has 36 heavy (non-hydrogen) atoms. The van der Waals surface area contributed by atoms with E-state index in [2.05, 4.69) is 47.5 Å². The van der Waals surface area contributed by atoms with Crippen LogP contribution in [-0.2, 0) is 0 Å². The Labute approximate surface area is 215 Å². The maximum absolute atomic E-state index is 14.2. The fourth-order valence-electron chi connectivity index (χ4n) is 4.47. The first-order valence-electron chi connectivity index (χ1n) is 11.5. The zero-order valence-electron chi connectivity index (χ0n) is 19.4. The van der Waals surface area contributed by atoms with E-state index in [0.717, 1.165) is 21.5 Å². The van der Waals surface area contributed by atoms with E-state index < -0.39 is 7.26 Å². The van der Waals surface area contributed by atoms with Crippen molar-refractivity contribution in [3.8, 4) is 17.5 Å². The van der Waals surface area contributed by atoms with Crippen LogP contribution in [0.25, 0.3) is 11.4 Å². The van der Waals surface area contributed by atoms with Crippen LogP contribution in [0.1, 0.15) is 0 Å². The van der Waals surface area contributed by atoms with Gasteiger partial charge in [0.1, 0.15) is 26.8 Å². The smallest absolute Gasteiger partial charge is 0.296 e. The third-order valence-corrected chi connectivity index (χ3v) is 11.2. The molecule has 6 heteroatoms. The van der Waals surface area contributed by atoms with Gasteiger partial charge in [-0.2, -0.15) is 5.26 Å². The van der Waals surface area contributed by atoms with E-state index in [1.54, 1.807) is 0 Å². The summed E-state index contributed by atoms with van der Waals surface area (Å²) < 4.78 is 0. The van der Waals surface area contributed by atoms with E-state index in [1.807, 2.05) is 84.9 Å². The van der Waals surface area contributed by atoms with Crippen molar-refractivity contribution in [3.05, 3.63) is 132 Å². The molecular formula is C30H23N3OPS+. The van der Waals surface area contributed by atoms with Crippen molar-refractivity contribution in [3.63, 3.8) is 0 Å². The number of nitrogens with zero attached hydrogens (tertiary/aromatic N) is 2. The number of aromatic nitrogens is 2. The largest absolute Gasteiger partial charge is 0.303 e. The summed E-state index contributed by atoms with van der Waals surface area (Å²) in [7, 11) is -2.67. The molecule has 0 aliphatic heterocycles. The fraction of sp³-hybridized carbons (Fsp3) is 0.0333. The van der Waals surface area contributed by atoms with Crippen LogP contribution in [0.5, 0.6) is 0 Å². The second-order valence-corrected chi connectivity index (χ2v) is 12.4. The molecular weight excluding hydrogens is 481 g/mol. The minimum atomic E-state index is -2.67. The number of H-pyrrole nitrogens is 1. The Hall–Kier alpha value is -3.97. The van der Waals surface area contributed by atoms with Gasteiger partial charge in [0.15, 0.2) is 7.26 Å². The predicted octanol–water partition coefficient (Wildman–Crippen LogP) is 4.67. The average Bonchev–Trinajstić information content (AvgIpc) is 2.95. The van der Waals surface area contributed by atoms with Gasteiger partial charge in [0.2, 0.25) is 5.30 Å². The van der Waals surface area contributed by atoms with Gasteiger partial charge in [-0.1, -0.05) is 96.7 Å². The Kier molecular flexibility index (Phi) is 7.09. The average molecular weight is 505 g/mol. The Balaban J connectivity index is 1.92. The minimum Gasteiger partial charge on any atom is -0.303 e. The molecule has 0 amide bonds. The highest BCUT2D eigenvalue weighted by molar-refractivity contribution is 8.04. The van der Waals surface area contributed by atoms with Crippen LogP contribution in [0, 0.1) is 11.3 Å². The van der Waals surface area contributed by atoms with Crippen molar-refractivity contribution in [1.82, 2.24) is 9.97 Å². The lowest BCUT2D eigenvalue weighted by atomic mass is 10.2. The van der Waals surface area contributed by atoms with Crippen LogP contribution in [-0.4, -0.2) is 15.7 Å². The van der Waals surface area contributed by atoms with Crippen LogP contribution < -0.4 is 26.8 Å². The number of hydrogen-bond acceptors (Lipinski definition) is 4. The van der Waals surface area contributed by atoms with Crippen molar-refractivity contribution in [2.24, 2.45) is 0 Å². The molecule has 4 nitrogen and oxygen atoms in total. The van der Waals surface area contributed by atoms with Gasteiger partial charge in [-0.15, -0.1) is 0 Å². The van der Waals surface area contributed by atoms with Gasteiger partial charge in [0.25, 0.3) is 5.56 Å². The third-order valence-electron chi connectivity index (χ3n) is 5.95. The first-order chi connectivity index (χ1) is 17.7.